The van der Waals surface area contributed by atoms with Gasteiger partial charge in [0.2, 0.25) is 0 Å². The van der Waals surface area contributed by atoms with Crippen LogP contribution in [0.3, 0.4) is 0 Å². The summed E-state index contributed by atoms with van der Waals surface area (Å²) in [5.41, 5.74) is 7.10. The molecule has 2 unspecified atom stereocenters. The average Bonchev–Trinajstić information content (AvgIpc) is 2.33. The molecule has 0 aliphatic carbocycles. The van der Waals surface area contributed by atoms with Gasteiger partial charge >= 0.3 is 0 Å². The average molecular weight is 288 g/mol. The number of halogens is 2. The fraction of sp³-hybridized carbons (Fsp3) is 0.571. The molecule has 1 heterocycles. The summed E-state index contributed by atoms with van der Waals surface area (Å²) in [6.45, 7) is 2.90. The van der Waals surface area contributed by atoms with Gasteiger partial charge in [0.1, 0.15) is 0 Å². The van der Waals surface area contributed by atoms with Crippen molar-refractivity contribution in [1.29, 1.82) is 0 Å². The number of hydrogen-bond donors (Lipinski definition) is 1. The van der Waals surface area contributed by atoms with E-state index in [1.807, 2.05) is 12.1 Å². The molecule has 1 fully saturated rings. The summed E-state index contributed by atoms with van der Waals surface area (Å²) in [4.78, 5) is 0. The van der Waals surface area contributed by atoms with E-state index >= 15 is 0 Å². The van der Waals surface area contributed by atoms with Crippen molar-refractivity contribution >= 4 is 23.2 Å². The molecule has 0 aromatic heterocycles. The van der Waals surface area contributed by atoms with Gasteiger partial charge in [-0.2, -0.15) is 0 Å². The lowest BCUT2D eigenvalue weighted by Crippen LogP contribution is -2.50. The van der Waals surface area contributed by atoms with E-state index in [-0.39, 0.29) is 11.6 Å². The second-order valence-corrected chi connectivity index (χ2v) is 6.01. The number of ether oxygens (including phenoxy) is 1. The van der Waals surface area contributed by atoms with Crippen molar-refractivity contribution in [3.8, 4) is 0 Å². The maximum Gasteiger partial charge on any atom is 0.0807 e. The van der Waals surface area contributed by atoms with Gasteiger partial charge in [0.25, 0.3) is 0 Å². The summed E-state index contributed by atoms with van der Waals surface area (Å²) in [6, 6.07) is 5.50. The van der Waals surface area contributed by atoms with Crippen LogP contribution in [0.2, 0.25) is 10.0 Å². The zero-order valence-electron chi connectivity index (χ0n) is 10.6. The minimum atomic E-state index is -0.235. The summed E-state index contributed by atoms with van der Waals surface area (Å²) in [6.07, 6.45) is 4.04. The second-order valence-electron chi connectivity index (χ2n) is 5.16. The fourth-order valence-electron chi connectivity index (χ4n) is 2.39. The molecular weight excluding hydrogens is 269 g/mol. The smallest absolute Gasteiger partial charge is 0.0807 e. The van der Waals surface area contributed by atoms with Gasteiger partial charge in [-0.25, -0.2) is 0 Å². The molecule has 0 radical (unpaired) electrons. The molecule has 0 spiro atoms. The van der Waals surface area contributed by atoms with Crippen LogP contribution in [0.25, 0.3) is 0 Å². The zero-order chi connectivity index (χ0) is 13.2. The van der Waals surface area contributed by atoms with Crippen LogP contribution in [-0.4, -0.2) is 18.2 Å². The van der Waals surface area contributed by atoms with Gasteiger partial charge in [-0.15, -0.1) is 0 Å². The van der Waals surface area contributed by atoms with Crippen LogP contribution in [0.5, 0.6) is 0 Å². The highest BCUT2D eigenvalue weighted by molar-refractivity contribution is 6.35. The first-order valence-electron chi connectivity index (χ1n) is 6.35. The van der Waals surface area contributed by atoms with E-state index in [1.54, 1.807) is 6.07 Å². The monoisotopic (exact) mass is 287 g/mol. The van der Waals surface area contributed by atoms with Crippen molar-refractivity contribution in [2.75, 3.05) is 6.61 Å². The molecule has 1 aliphatic heterocycles. The minimum Gasteiger partial charge on any atom is -0.374 e. The topological polar surface area (TPSA) is 35.2 Å². The second kappa shape index (κ2) is 5.79. The molecule has 100 valence electrons. The zero-order valence-corrected chi connectivity index (χ0v) is 12.1. The summed E-state index contributed by atoms with van der Waals surface area (Å²) in [5, 5.41) is 1.33. The van der Waals surface area contributed by atoms with Crippen LogP contribution in [-0.2, 0) is 11.2 Å². The third-order valence-corrected chi connectivity index (χ3v) is 4.33. The number of benzene rings is 1. The molecule has 2 rings (SSSR count). The molecule has 1 aromatic carbocycles. The Morgan fingerprint density at radius 1 is 1.39 bits per heavy atom. The number of nitrogens with two attached hydrogens (primary N) is 1. The quantitative estimate of drug-likeness (QED) is 0.917. The van der Waals surface area contributed by atoms with Crippen molar-refractivity contribution in [2.24, 2.45) is 5.73 Å². The number of hydrogen-bond acceptors (Lipinski definition) is 2. The van der Waals surface area contributed by atoms with Crippen LogP contribution in [0.15, 0.2) is 18.2 Å². The van der Waals surface area contributed by atoms with Crippen LogP contribution >= 0.6 is 23.2 Å². The van der Waals surface area contributed by atoms with Crippen molar-refractivity contribution < 1.29 is 4.74 Å². The van der Waals surface area contributed by atoms with Crippen molar-refractivity contribution in [1.82, 2.24) is 0 Å². The van der Waals surface area contributed by atoms with E-state index in [1.165, 1.54) is 6.42 Å². The molecule has 0 saturated carbocycles. The summed E-state index contributed by atoms with van der Waals surface area (Å²) in [7, 11) is 0. The van der Waals surface area contributed by atoms with Gasteiger partial charge in [-0.05, 0) is 50.3 Å². The van der Waals surface area contributed by atoms with E-state index in [0.29, 0.717) is 16.5 Å². The van der Waals surface area contributed by atoms with E-state index in [0.717, 1.165) is 25.0 Å². The molecule has 2 nitrogen and oxygen atoms in total. The fourth-order valence-corrected chi connectivity index (χ4v) is 2.87. The molecular formula is C14H19Cl2NO. The lowest BCUT2D eigenvalue weighted by molar-refractivity contribution is -0.0808. The molecule has 1 aromatic rings. The Hall–Kier alpha value is -0.280. The van der Waals surface area contributed by atoms with Gasteiger partial charge < -0.3 is 10.5 Å². The first kappa shape index (κ1) is 14.1. The lowest BCUT2D eigenvalue weighted by Gasteiger charge is -2.39. The van der Waals surface area contributed by atoms with Crippen LogP contribution in [0, 0.1) is 0 Å². The molecule has 2 N–H and O–H groups in total. The van der Waals surface area contributed by atoms with E-state index in [9.17, 15) is 0 Å². The molecule has 18 heavy (non-hydrogen) atoms. The molecule has 2 atom stereocenters. The summed E-state index contributed by atoms with van der Waals surface area (Å²) >= 11 is 12.1. The maximum absolute atomic E-state index is 6.31. The van der Waals surface area contributed by atoms with Gasteiger partial charge in [0, 0.05) is 22.7 Å². The molecule has 0 bridgehead atoms. The highest BCUT2D eigenvalue weighted by Crippen LogP contribution is 2.30. The predicted molar refractivity (Wildman–Crippen MR) is 76.3 cm³/mol. The molecule has 1 aliphatic rings. The maximum atomic E-state index is 6.31. The van der Waals surface area contributed by atoms with E-state index < -0.39 is 0 Å². The SMILES string of the molecule is CC1(C(N)Cc2ccc(Cl)cc2Cl)CCCCO1. The number of rotatable bonds is 3. The summed E-state index contributed by atoms with van der Waals surface area (Å²) < 4.78 is 5.87. The van der Waals surface area contributed by atoms with Gasteiger partial charge in [0.15, 0.2) is 0 Å². The van der Waals surface area contributed by atoms with E-state index in [2.05, 4.69) is 6.92 Å². The Labute approximate surface area is 118 Å². The molecule has 4 heteroatoms. The summed E-state index contributed by atoms with van der Waals surface area (Å²) in [5.74, 6) is 0. The standard InChI is InChI=1S/C14H19Cl2NO/c1-14(6-2-3-7-18-14)13(17)8-10-4-5-11(15)9-12(10)16/h4-5,9,13H,2-3,6-8,17H2,1H3. The van der Waals surface area contributed by atoms with Crippen LogP contribution in [0.1, 0.15) is 31.7 Å². The van der Waals surface area contributed by atoms with Gasteiger partial charge in [-0.1, -0.05) is 29.3 Å². The van der Waals surface area contributed by atoms with Crippen LogP contribution < -0.4 is 5.73 Å². The Balaban J connectivity index is 2.08. The van der Waals surface area contributed by atoms with Gasteiger partial charge in [-0.3, -0.25) is 0 Å². The first-order valence-corrected chi connectivity index (χ1v) is 7.10. The van der Waals surface area contributed by atoms with Crippen molar-refractivity contribution in [2.45, 2.75) is 44.2 Å². The largest absolute Gasteiger partial charge is 0.374 e. The van der Waals surface area contributed by atoms with Crippen molar-refractivity contribution in [3.05, 3.63) is 33.8 Å². The highest BCUT2D eigenvalue weighted by Gasteiger charge is 2.34. The Morgan fingerprint density at radius 2 is 2.17 bits per heavy atom. The van der Waals surface area contributed by atoms with E-state index in [4.69, 9.17) is 33.7 Å². The lowest BCUT2D eigenvalue weighted by atomic mass is 9.85. The Kier molecular flexibility index (Phi) is 4.54. The first-order chi connectivity index (χ1) is 8.51. The third-order valence-electron chi connectivity index (χ3n) is 3.74. The normalized spacial score (nSPS) is 26.0. The van der Waals surface area contributed by atoms with Crippen molar-refractivity contribution in [3.63, 3.8) is 0 Å². The molecule has 1 saturated heterocycles. The molecule has 0 amide bonds. The minimum absolute atomic E-state index is 0.0449. The Bertz CT molecular complexity index is 416. The van der Waals surface area contributed by atoms with Crippen LogP contribution in [0.4, 0.5) is 0 Å². The third kappa shape index (κ3) is 3.18. The highest BCUT2D eigenvalue weighted by atomic mass is 35.5. The predicted octanol–water partition coefficient (Wildman–Crippen LogP) is 3.82. The Morgan fingerprint density at radius 3 is 2.78 bits per heavy atom. The van der Waals surface area contributed by atoms with Gasteiger partial charge in [0.05, 0.1) is 5.60 Å².